The number of carbonyl (C=O) groups excluding carboxylic acids is 2. The van der Waals surface area contributed by atoms with Crippen molar-refractivity contribution in [3.05, 3.63) is 131 Å². The Morgan fingerprint density at radius 3 is 2.43 bits per heavy atom. The minimum absolute atomic E-state index is 0.0214. The number of Topliss-reactive ketones (excluding diaryl/α,β-unsaturated/α-hetero) is 1. The van der Waals surface area contributed by atoms with Gasteiger partial charge < -0.3 is 19.2 Å². The lowest BCUT2D eigenvalue weighted by Crippen LogP contribution is -2.29. The van der Waals surface area contributed by atoms with E-state index in [0.717, 1.165) is 11.6 Å². The van der Waals surface area contributed by atoms with Crippen LogP contribution in [0.25, 0.3) is 5.76 Å². The zero-order valence-electron chi connectivity index (χ0n) is 20.1. The minimum atomic E-state index is -0.905. The van der Waals surface area contributed by atoms with Crippen molar-refractivity contribution < 1.29 is 28.2 Å². The second kappa shape index (κ2) is 10.1. The van der Waals surface area contributed by atoms with Crippen LogP contribution >= 0.6 is 0 Å². The maximum Gasteiger partial charge on any atom is 0.296 e. The maximum absolute atomic E-state index is 14.3. The molecular formula is C30H24FNO5. The van der Waals surface area contributed by atoms with E-state index in [4.69, 9.17) is 9.15 Å². The highest BCUT2D eigenvalue weighted by Crippen LogP contribution is 2.41. The van der Waals surface area contributed by atoms with E-state index < -0.39 is 29.3 Å². The normalized spacial score (nSPS) is 16.8. The van der Waals surface area contributed by atoms with Gasteiger partial charge in [0.2, 0.25) is 0 Å². The van der Waals surface area contributed by atoms with Crippen LogP contribution in [0.1, 0.15) is 34.1 Å². The molecule has 1 saturated heterocycles. The average molecular weight is 498 g/mol. The van der Waals surface area contributed by atoms with E-state index in [1.807, 2.05) is 30.3 Å². The molecule has 186 valence electrons. The number of aliphatic hydroxyl groups excluding tert-OH is 1. The first-order valence-electron chi connectivity index (χ1n) is 11.8. The number of halogens is 1. The van der Waals surface area contributed by atoms with Gasteiger partial charge in [0.15, 0.2) is 0 Å². The van der Waals surface area contributed by atoms with Gasteiger partial charge in [-0.15, -0.1) is 0 Å². The summed E-state index contributed by atoms with van der Waals surface area (Å²) in [6.45, 7) is 2.01. The monoisotopic (exact) mass is 497 g/mol. The molecular weight excluding hydrogens is 473 g/mol. The Kier molecular flexibility index (Phi) is 6.60. The Morgan fingerprint density at radius 2 is 1.76 bits per heavy atom. The Bertz CT molecular complexity index is 1460. The molecule has 0 radical (unpaired) electrons. The van der Waals surface area contributed by atoms with E-state index >= 15 is 0 Å². The van der Waals surface area contributed by atoms with Crippen molar-refractivity contribution in [2.24, 2.45) is 0 Å². The smallest absolute Gasteiger partial charge is 0.296 e. The molecule has 7 heteroatoms. The number of hydrogen-bond donors (Lipinski definition) is 1. The van der Waals surface area contributed by atoms with Crippen molar-refractivity contribution in [1.29, 1.82) is 0 Å². The zero-order chi connectivity index (χ0) is 25.9. The number of furan rings is 1. The maximum atomic E-state index is 14.3. The van der Waals surface area contributed by atoms with Crippen LogP contribution in [0.15, 0.2) is 101 Å². The van der Waals surface area contributed by atoms with Crippen LogP contribution in [0.5, 0.6) is 5.75 Å². The second-order valence-electron chi connectivity index (χ2n) is 8.81. The van der Waals surface area contributed by atoms with E-state index in [9.17, 15) is 19.1 Å². The molecule has 37 heavy (non-hydrogen) atoms. The van der Waals surface area contributed by atoms with Gasteiger partial charge >= 0.3 is 0 Å². The molecule has 0 bridgehead atoms. The number of nitrogens with zero attached hydrogens (tertiary/aromatic N) is 1. The van der Waals surface area contributed by atoms with Crippen LogP contribution in [0, 0.1) is 12.7 Å². The first-order valence-corrected chi connectivity index (χ1v) is 11.8. The number of ether oxygens (including phenoxy) is 1. The third-order valence-electron chi connectivity index (χ3n) is 6.34. The van der Waals surface area contributed by atoms with Gasteiger partial charge in [-0.1, -0.05) is 54.6 Å². The van der Waals surface area contributed by atoms with Crippen molar-refractivity contribution in [2.45, 2.75) is 26.1 Å². The summed E-state index contributed by atoms with van der Waals surface area (Å²) >= 11 is 0. The van der Waals surface area contributed by atoms with Crippen molar-refractivity contribution in [1.82, 2.24) is 4.90 Å². The van der Waals surface area contributed by atoms with Gasteiger partial charge in [0.1, 0.15) is 29.7 Å². The first kappa shape index (κ1) is 24.1. The van der Waals surface area contributed by atoms with Crippen molar-refractivity contribution in [2.75, 3.05) is 0 Å². The summed E-state index contributed by atoms with van der Waals surface area (Å²) in [7, 11) is 0. The molecule has 1 N–H and O–H groups in total. The molecule has 4 aromatic rings. The molecule has 1 aromatic heterocycles. The molecule has 1 atom stereocenters. The number of carbonyl (C=O) groups is 2. The molecule has 1 aliphatic rings. The Labute approximate surface area is 213 Å². The van der Waals surface area contributed by atoms with E-state index in [1.54, 1.807) is 43.3 Å². The largest absolute Gasteiger partial charge is 0.507 e. The molecule has 0 unspecified atom stereocenters. The number of aryl methyl sites for hydroxylation is 1. The number of hydrogen-bond acceptors (Lipinski definition) is 5. The predicted molar refractivity (Wildman–Crippen MR) is 135 cm³/mol. The Hall–Kier alpha value is -4.65. The molecule has 0 saturated carbocycles. The highest BCUT2D eigenvalue weighted by molar-refractivity contribution is 6.46. The van der Waals surface area contributed by atoms with Crippen LogP contribution in [-0.2, 0) is 22.7 Å². The lowest BCUT2D eigenvalue weighted by Gasteiger charge is -2.24. The topological polar surface area (TPSA) is 80.0 Å². The number of benzene rings is 3. The summed E-state index contributed by atoms with van der Waals surface area (Å²) in [5, 5.41) is 11.1. The third kappa shape index (κ3) is 4.89. The number of rotatable bonds is 7. The van der Waals surface area contributed by atoms with Gasteiger partial charge in [-0.3, -0.25) is 9.59 Å². The highest BCUT2D eigenvalue weighted by Gasteiger charge is 2.46. The minimum Gasteiger partial charge on any atom is -0.507 e. The fourth-order valence-electron chi connectivity index (χ4n) is 4.34. The predicted octanol–water partition coefficient (Wildman–Crippen LogP) is 5.93. The molecule has 1 aliphatic heterocycles. The van der Waals surface area contributed by atoms with Gasteiger partial charge in [-0.25, -0.2) is 4.39 Å². The standard InChI is InChI=1S/C30H24FNO5/c1-19-9-10-22(16-25(19)31)28(33)26-27(32(30(35)29(26)34)17-24-8-5-15-36-24)21-11-13-23(14-12-21)37-18-20-6-3-2-4-7-20/h2-16,27,33H,17-18H2,1H3/t27-/m1/s1. The van der Waals surface area contributed by atoms with Crippen molar-refractivity contribution in [3.8, 4) is 5.75 Å². The zero-order valence-corrected chi connectivity index (χ0v) is 20.1. The van der Waals surface area contributed by atoms with Gasteiger partial charge in [0.05, 0.1) is 24.4 Å². The summed E-state index contributed by atoms with van der Waals surface area (Å²) in [5.41, 5.74) is 2.01. The molecule has 0 aliphatic carbocycles. The summed E-state index contributed by atoms with van der Waals surface area (Å²) < 4.78 is 25.5. The van der Waals surface area contributed by atoms with E-state index in [0.29, 0.717) is 29.2 Å². The Morgan fingerprint density at radius 1 is 1.00 bits per heavy atom. The van der Waals surface area contributed by atoms with E-state index in [-0.39, 0.29) is 17.7 Å². The second-order valence-corrected chi connectivity index (χ2v) is 8.81. The third-order valence-corrected chi connectivity index (χ3v) is 6.34. The van der Waals surface area contributed by atoms with E-state index in [1.165, 1.54) is 23.3 Å². The number of aliphatic hydroxyl groups is 1. The first-order chi connectivity index (χ1) is 17.9. The van der Waals surface area contributed by atoms with Crippen LogP contribution < -0.4 is 4.74 Å². The molecule has 3 aromatic carbocycles. The molecule has 0 spiro atoms. The van der Waals surface area contributed by atoms with Crippen LogP contribution in [0.4, 0.5) is 4.39 Å². The Balaban J connectivity index is 1.52. The lowest BCUT2D eigenvalue weighted by atomic mass is 9.95. The van der Waals surface area contributed by atoms with Gasteiger partial charge in [0, 0.05) is 5.56 Å². The quantitative estimate of drug-likeness (QED) is 0.195. The average Bonchev–Trinajstić information content (AvgIpc) is 3.52. The SMILES string of the molecule is Cc1ccc(C(O)=C2C(=O)C(=O)N(Cc3ccco3)[C@@H]2c2ccc(OCc3ccccc3)cc2)cc1F. The summed E-state index contributed by atoms with van der Waals surface area (Å²) in [4.78, 5) is 27.6. The van der Waals surface area contributed by atoms with Gasteiger partial charge in [0.25, 0.3) is 11.7 Å². The molecule has 5 rings (SSSR count). The van der Waals surface area contributed by atoms with Gasteiger partial charge in [-0.05, 0) is 53.9 Å². The van der Waals surface area contributed by atoms with Gasteiger partial charge in [-0.2, -0.15) is 0 Å². The highest BCUT2D eigenvalue weighted by atomic mass is 19.1. The summed E-state index contributed by atoms with van der Waals surface area (Å²) in [5.74, 6) is -1.49. The van der Waals surface area contributed by atoms with Crippen LogP contribution in [0.2, 0.25) is 0 Å². The van der Waals surface area contributed by atoms with Crippen molar-refractivity contribution in [3.63, 3.8) is 0 Å². The number of ketones is 1. The molecule has 1 amide bonds. The molecule has 2 heterocycles. The van der Waals surface area contributed by atoms with Crippen LogP contribution in [0.3, 0.4) is 0 Å². The summed E-state index contributed by atoms with van der Waals surface area (Å²) in [6.07, 6.45) is 1.48. The summed E-state index contributed by atoms with van der Waals surface area (Å²) in [6, 6.07) is 23.4. The lowest BCUT2D eigenvalue weighted by molar-refractivity contribution is -0.140. The fourth-order valence-corrected chi connectivity index (χ4v) is 4.34. The molecule has 6 nitrogen and oxygen atoms in total. The van der Waals surface area contributed by atoms with Crippen LogP contribution in [-0.4, -0.2) is 21.7 Å². The fraction of sp³-hybridized carbons (Fsp3) is 0.133. The molecule has 1 fully saturated rings. The number of amides is 1. The van der Waals surface area contributed by atoms with Crippen molar-refractivity contribution >= 4 is 17.4 Å². The number of likely N-dealkylation sites (tertiary alicyclic amines) is 1. The van der Waals surface area contributed by atoms with E-state index in [2.05, 4.69) is 0 Å².